The minimum Gasteiger partial charge on any atom is -0.497 e. The van der Waals surface area contributed by atoms with E-state index >= 15 is 0 Å². The van der Waals surface area contributed by atoms with Crippen molar-refractivity contribution in [3.8, 4) is 17.2 Å². The highest BCUT2D eigenvalue weighted by molar-refractivity contribution is 7.93. The van der Waals surface area contributed by atoms with Crippen LogP contribution in [0.4, 0.5) is 18.9 Å². The lowest BCUT2D eigenvalue weighted by Crippen LogP contribution is -2.40. The minimum atomic E-state index is -6.35. The first-order chi connectivity index (χ1) is 16.3. The number of esters is 1. The summed E-state index contributed by atoms with van der Waals surface area (Å²) in [7, 11) is -9.10. The second-order valence-corrected chi connectivity index (χ2v) is 10.1. The van der Waals surface area contributed by atoms with E-state index in [-0.39, 0.29) is 29.7 Å². The van der Waals surface area contributed by atoms with Crippen LogP contribution in [0, 0.1) is 0 Å². The maximum atomic E-state index is 13.6. The molecule has 11 nitrogen and oxygen atoms in total. The molecule has 0 fully saturated rings. The predicted molar refractivity (Wildman–Crippen MR) is 110 cm³/mol. The topological polar surface area (TPSA) is 135 Å². The van der Waals surface area contributed by atoms with Crippen LogP contribution in [0.15, 0.2) is 47.0 Å². The highest BCUT2D eigenvalue weighted by Crippen LogP contribution is 2.46. The molecule has 0 bridgehead atoms. The van der Waals surface area contributed by atoms with Gasteiger partial charge >= 0.3 is 21.6 Å². The van der Waals surface area contributed by atoms with Gasteiger partial charge in [-0.25, -0.2) is 17.5 Å². The Morgan fingerprint density at radius 2 is 1.74 bits per heavy atom. The van der Waals surface area contributed by atoms with Gasteiger partial charge in [-0.15, -0.1) is 0 Å². The molecule has 0 unspecified atom stereocenters. The number of rotatable bonds is 5. The zero-order valence-corrected chi connectivity index (χ0v) is 19.3. The number of hydrogen-bond acceptors (Lipinski definition) is 10. The molecule has 0 atom stereocenters. The predicted octanol–water partition coefficient (Wildman–Crippen LogP) is 2.34. The van der Waals surface area contributed by atoms with Crippen molar-refractivity contribution < 1.29 is 57.9 Å². The molecule has 0 N–H and O–H groups in total. The van der Waals surface area contributed by atoms with Crippen LogP contribution in [0.5, 0.6) is 17.2 Å². The number of ether oxygens (including phenoxy) is 4. The summed E-state index contributed by atoms with van der Waals surface area (Å²) in [6, 6.07) is 6.59. The first-order valence-corrected chi connectivity index (χ1v) is 12.1. The van der Waals surface area contributed by atoms with Gasteiger partial charge < -0.3 is 23.1 Å². The molecule has 0 saturated heterocycles. The van der Waals surface area contributed by atoms with Crippen LogP contribution in [0.3, 0.4) is 0 Å². The Hall–Kier alpha value is -3.66. The van der Waals surface area contributed by atoms with Gasteiger partial charge in [0.15, 0.2) is 23.0 Å². The minimum absolute atomic E-state index is 0.0301. The second kappa shape index (κ2) is 8.23. The maximum Gasteiger partial charge on any atom is 0.534 e. The van der Waals surface area contributed by atoms with Crippen molar-refractivity contribution >= 4 is 37.6 Å². The molecular weight excluding hydrogens is 523 g/mol. The molecule has 0 aliphatic carbocycles. The van der Waals surface area contributed by atoms with Crippen LogP contribution in [0.1, 0.15) is 5.56 Å². The van der Waals surface area contributed by atoms with E-state index in [1.807, 2.05) is 0 Å². The summed E-state index contributed by atoms with van der Waals surface area (Å²) in [5.41, 5.74) is -7.99. The summed E-state index contributed by atoms with van der Waals surface area (Å²) in [5.74, 6) is -2.47. The third-order valence-electron chi connectivity index (χ3n) is 4.82. The largest absolute Gasteiger partial charge is 0.534 e. The lowest BCUT2D eigenvalue weighted by Gasteiger charge is -2.32. The average molecular weight is 537 g/mol. The van der Waals surface area contributed by atoms with Crippen molar-refractivity contribution in [2.24, 2.45) is 0 Å². The molecule has 188 valence electrons. The fourth-order valence-electron chi connectivity index (χ4n) is 3.26. The number of anilines is 1. The van der Waals surface area contributed by atoms with Crippen LogP contribution in [0.2, 0.25) is 0 Å². The SMILES string of the molecule is COC(=O)C1=C(OS(=O)(=O)C(F)(F)F)c2ccc(OC)cc2S(=O)(=O)N1c1ccc2c(c1)OCO2. The average Bonchev–Trinajstić information content (AvgIpc) is 3.26. The van der Waals surface area contributed by atoms with E-state index in [1.165, 1.54) is 13.2 Å². The van der Waals surface area contributed by atoms with Gasteiger partial charge in [0.2, 0.25) is 6.79 Å². The van der Waals surface area contributed by atoms with Crippen LogP contribution in [0.25, 0.3) is 5.76 Å². The number of methoxy groups -OCH3 is 2. The quantitative estimate of drug-likeness (QED) is 0.318. The first-order valence-electron chi connectivity index (χ1n) is 9.28. The van der Waals surface area contributed by atoms with Crippen molar-refractivity contribution in [2.45, 2.75) is 10.4 Å². The zero-order valence-electron chi connectivity index (χ0n) is 17.7. The second-order valence-electron chi connectivity index (χ2n) is 6.82. The Morgan fingerprint density at radius 1 is 1.06 bits per heavy atom. The van der Waals surface area contributed by atoms with E-state index in [0.717, 1.165) is 37.4 Å². The highest BCUT2D eigenvalue weighted by Gasteiger charge is 2.52. The molecule has 35 heavy (non-hydrogen) atoms. The van der Waals surface area contributed by atoms with Gasteiger partial charge in [0.1, 0.15) is 10.6 Å². The maximum absolute atomic E-state index is 13.6. The molecule has 0 radical (unpaired) electrons. The molecule has 2 heterocycles. The van der Waals surface area contributed by atoms with E-state index in [1.54, 1.807) is 0 Å². The standard InChI is InChI=1S/C19H14F3NO10S2/c1-29-11-4-5-12-15(8-11)34(25,26)23(10-3-6-13-14(7-10)32-9-31-13)16(18(24)30-2)17(12)33-35(27,28)19(20,21)22/h3-8H,9H2,1-2H3. The van der Waals surface area contributed by atoms with Gasteiger partial charge in [-0.3, -0.25) is 0 Å². The van der Waals surface area contributed by atoms with Gasteiger partial charge in [-0.1, -0.05) is 0 Å². The lowest BCUT2D eigenvalue weighted by atomic mass is 10.1. The van der Waals surface area contributed by atoms with Crippen molar-refractivity contribution in [2.75, 3.05) is 25.3 Å². The Labute approximate surface area is 196 Å². The molecule has 4 rings (SSSR count). The third kappa shape index (κ3) is 3.97. The monoisotopic (exact) mass is 537 g/mol. The van der Waals surface area contributed by atoms with Crippen LogP contribution in [-0.4, -0.2) is 49.3 Å². The third-order valence-corrected chi connectivity index (χ3v) is 7.54. The van der Waals surface area contributed by atoms with Gasteiger partial charge in [0, 0.05) is 17.7 Å². The summed E-state index contributed by atoms with van der Waals surface area (Å²) in [5, 5.41) is 0. The Morgan fingerprint density at radius 3 is 2.37 bits per heavy atom. The Kier molecular flexibility index (Phi) is 5.75. The number of nitrogens with zero attached hydrogens (tertiary/aromatic N) is 1. The van der Waals surface area contributed by atoms with Crippen LogP contribution in [-0.2, 0) is 33.9 Å². The van der Waals surface area contributed by atoms with E-state index in [9.17, 15) is 34.8 Å². The molecule has 0 spiro atoms. The van der Waals surface area contributed by atoms with Crippen molar-refractivity contribution in [3.05, 3.63) is 47.7 Å². The fraction of sp³-hybridized carbons (Fsp3) is 0.211. The fourth-order valence-corrected chi connectivity index (χ4v) is 5.43. The van der Waals surface area contributed by atoms with Crippen molar-refractivity contribution in [1.82, 2.24) is 0 Å². The number of carbonyl (C=O) groups is 1. The number of carbonyl (C=O) groups excluding carboxylic acids is 1. The number of benzene rings is 2. The zero-order chi connectivity index (χ0) is 25.8. The summed E-state index contributed by atoms with van der Waals surface area (Å²) in [4.78, 5) is 12.0. The molecule has 2 aliphatic heterocycles. The van der Waals surface area contributed by atoms with E-state index in [2.05, 4.69) is 8.92 Å². The Bertz CT molecular complexity index is 1470. The van der Waals surface area contributed by atoms with E-state index in [0.29, 0.717) is 4.31 Å². The number of alkyl halides is 3. The summed E-state index contributed by atoms with van der Waals surface area (Å²) >= 11 is 0. The normalized spacial score (nSPS) is 16.5. The van der Waals surface area contributed by atoms with E-state index < -0.39 is 53.5 Å². The van der Waals surface area contributed by atoms with Crippen LogP contribution < -0.4 is 18.5 Å². The van der Waals surface area contributed by atoms with Gasteiger partial charge in [-0.2, -0.15) is 21.6 Å². The molecule has 2 aliphatic rings. The number of hydrogen-bond donors (Lipinski definition) is 0. The molecule has 16 heteroatoms. The first kappa shape index (κ1) is 24.5. The molecular formula is C19H14F3NO10S2. The molecule has 2 aromatic rings. The number of fused-ring (bicyclic) bond motifs is 2. The van der Waals surface area contributed by atoms with Gasteiger partial charge in [-0.05, 0) is 24.3 Å². The smallest absolute Gasteiger partial charge is 0.497 e. The summed E-state index contributed by atoms with van der Waals surface area (Å²) in [6.07, 6.45) is 0. The van der Waals surface area contributed by atoms with Crippen molar-refractivity contribution in [1.29, 1.82) is 0 Å². The summed E-state index contributed by atoms with van der Waals surface area (Å²) in [6.45, 7) is -0.191. The molecule has 0 amide bonds. The summed E-state index contributed by atoms with van der Waals surface area (Å²) < 4.78 is 115. The molecule has 2 aromatic carbocycles. The Balaban J connectivity index is 2.08. The van der Waals surface area contributed by atoms with E-state index in [4.69, 9.17) is 14.2 Å². The number of sulfonamides is 1. The molecule has 0 aromatic heterocycles. The highest BCUT2D eigenvalue weighted by atomic mass is 32.2. The lowest BCUT2D eigenvalue weighted by molar-refractivity contribution is -0.136. The van der Waals surface area contributed by atoms with Gasteiger partial charge in [0.25, 0.3) is 10.0 Å². The molecule has 0 saturated carbocycles. The number of halogens is 3. The van der Waals surface area contributed by atoms with Crippen molar-refractivity contribution in [3.63, 3.8) is 0 Å². The van der Waals surface area contributed by atoms with Gasteiger partial charge in [0.05, 0.1) is 19.9 Å². The van der Waals surface area contributed by atoms with Crippen LogP contribution >= 0.6 is 0 Å².